The van der Waals surface area contributed by atoms with E-state index in [4.69, 9.17) is 14.8 Å². The van der Waals surface area contributed by atoms with Crippen LogP contribution in [0, 0.1) is 0 Å². The summed E-state index contributed by atoms with van der Waals surface area (Å²) >= 11 is 0. The minimum Gasteiger partial charge on any atom is -0.496 e. The van der Waals surface area contributed by atoms with Gasteiger partial charge in [0, 0.05) is 11.1 Å². The summed E-state index contributed by atoms with van der Waals surface area (Å²) < 4.78 is 11.7. The van der Waals surface area contributed by atoms with E-state index in [-0.39, 0.29) is 8.96 Å². The molecule has 0 saturated heterocycles. The van der Waals surface area contributed by atoms with Crippen molar-refractivity contribution in [3.63, 3.8) is 0 Å². The predicted molar refractivity (Wildman–Crippen MR) is 105 cm³/mol. The Labute approximate surface area is 151 Å². The average molecular weight is 355 g/mol. The Hall–Kier alpha value is -1.57. The van der Waals surface area contributed by atoms with Crippen LogP contribution in [0.5, 0.6) is 11.5 Å². The van der Waals surface area contributed by atoms with E-state index in [0.717, 1.165) is 37.2 Å². The third-order valence-corrected chi connectivity index (χ3v) is 5.97. The molecule has 0 heterocycles. The van der Waals surface area contributed by atoms with Crippen LogP contribution in [0.15, 0.2) is 24.3 Å². The second-order valence-corrected chi connectivity index (χ2v) is 7.43. The molecule has 2 N–H and O–H groups in total. The molecule has 0 aromatic heterocycles. The van der Waals surface area contributed by atoms with Crippen LogP contribution >= 0.6 is 8.96 Å². The zero-order chi connectivity index (χ0) is 17.2. The van der Waals surface area contributed by atoms with Gasteiger partial charge in [0.05, 0.1) is 7.11 Å². The van der Waals surface area contributed by atoms with Gasteiger partial charge in [0.2, 0.25) is 0 Å². The molecule has 0 aliphatic heterocycles. The fraction of sp³-hybridized carbons (Fsp3) is 0.429. The monoisotopic (exact) mass is 355 g/mol. The molecule has 4 heteroatoms. The smallest absolute Gasteiger partial charge is 0.143 e. The lowest BCUT2D eigenvalue weighted by molar-refractivity contribution is 0.415. The van der Waals surface area contributed by atoms with Crippen LogP contribution < -0.4 is 14.8 Å². The van der Waals surface area contributed by atoms with Crippen molar-refractivity contribution in [2.24, 2.45) is 5.50 Å². The molecule has 0 amide bonds. The van der Waals surface area contributed by atoms with E-state index in [1.54, 1.807) is 7.11 Å². The zero-order valence-corrected chi connectivity index (χ0v) is 15.9. The van der Waals surface area contributed by atoms with Gasteiger partial charge in [0.25, 0.3) is 0 Å². The van der Waals surface area contributed by atoms with Gasteiger partial charge >= 0.3 is 0 Å². The maximum Gasteiger partial charge on any atom is 0.143 e. The lowest BCUT2D eigenvalue weighted by atomic mass is 9.80. The van der Waals surface area contributed by atoms with E-state index in [9.17, 15) is 0 Å². The summed E-state index contributed by atoms with van der Waals surface area (Å²) in [5, 5.41) is 0. The van der Waals surface area contributed by atoms with Crippen LogP contribution in [0.4, 0.5) is 0 Å². The Morgan fingerprint density at radius 1 is 0.760 bits per heavy atom. The molecule has 25 heavy (non-hydrogen) atoms. The summed E-state index contributed by atoms with van der Waals surface area (Å²) in [5.74, 6) is 1.88. The van der Waals surface area contributed by atoms with Gasteiger partial charge in [-0.1, -0.05) is 12.1 Å². The summed E-state index contributed by atoms with van der Waals surface area (Å²) in [6.07, 6.45) is 9.59. The van der Waals surface area contributed by atoms with Crippen molar-refractivity contribution in [1.82, 2.24) is 0 Å². The minimum absolute atomic E-state index is 0.0447. The van der Waals surface area contributed by atoms with Crippen LogP contribution in [-0.2, 0) is 25.7 Å². The van der Waals surface area contributed by atoms with Gasteiger partial charge in [-0.3, -0.25) is 5.50 Å². The molecule has 132 valence electrons. The molecule has 3 nitrogen and oxygen atoms in total. The van der Waals surface area contributed by atoms with E-state index >= 15 is 0 Å². The molecule has 0 radical (unpaired) electrons. The Kier molecular flexibility index (Phi) is 4.96. The van der Waals surface area contributed by atoms with Crippen LogP contribution in [0.3, 0.4) is 0 Å². The predicted octanol–water partition coefficient (Wildman–Crippen LogP) is 4.97. The van der Waals surface area contributed by atoms with Crippen molar-refractivity contribution in [2.75, 3.05) is 7.11 Å². The first kappa shape index (κ1) is 16.9. The van der Waals surface area contributed by atoms with Gasteiger partial charge in [-0.2, -0.15) is 0 Å². The summed E-state index contributed by atoms with van der Waals surface area (Å²) in [6.45, 7) is 0. The zero-order valence-electron chi connectivity index (χ0n) is 14.9. The lowest BCUT2D eigenvalue weighted by Crippen LogP contribution is -2.10. The Bertz CT molecular complexity index is 788. The third kappa shape index (κ3) is 3.05. The Morgan fingerprint density at radius 3 is 1.84 bits per heavy atom. The number of nitrogens with two attached hydrogens (primary N) is 1. The second kappa shape index (κ2) is 7.35. The molecule has 2 aliphatic rings. The van der Waals surface area contributed by atoms with Crippen molar-refractivity contribution in [2.45, 2.75) is 51.4 Å². The largest absolute Gasteiger partial charge is 0.496 e. The molecule has 0 fully saturated rings. The van der Waals surface area contributed by atoms with Crippen molar-refractivity contribution in [3.8, 4) is 22.6 Å². The van der Waals surface area contributed by atoms with Crippen molar-refractivity contribution >= 4 is 8.96 Å². The first-order valence-electron chi connectivity index (χ1n) is 9.29. The van der Waals surface area contributed by atoms with Gasteiger partial charge in [0.15, 0.2) is 0 Å². The van der Waals surface area contributed by atoms with E-state index in [1.165, 1.54) is 59.1 Å². The van der Waals surface area contributed by atoms with E-state index < -0.39 is 0 Å². The topological polar surface area (TPSA) is 44.5 Å². The molecular weight excluding hydrogens is 329 g/mol. The fourth-order valence-electron chi connectivity index (χ4n) is 4.48. The molecule has 0 spiro atoms. The molecule has 0 bridgehead atoms. The SMILES string of the molecule is COc1ccc2c(c1-c1c(OPN)ccc3c1CCCC3)CCCC2. The van der Waals surface area contributed by atoms with Crippen molar-refractivity contribution in [3.05, 3.63) is 46.5 Å². The normalized spacial score (nSPS) is 16.6. The highest BCUT2D eigenvalue weighted by atomic mass is 31.1. The highest BCUT2D eigenvalue weighted by molar-refractivity contribution is 7.29. The van der Waals surface area contributed by atoms with E-state index in [2.05, 4.69) is 24.3 Å². The summed E-state index contributed by atoms with van der Waals surface area (Å²) in [5.41, 5.74) is 14.1. The van der Waals surface area contributed by atoms with E-state index in [1.807, 2.05) is 0 Å². The number of methoxy groups -OCH3 is 1. The molecule has 2 aliphatic carbocycles. The van der Waals surface area contributed by atoms with Crippen LogP contribution in [0.1, 0.15) is 47.9 Å². The molecule has 1 unspecified atom stereocenters. The quantitative estimate of drug-likeness (QED) is 0.788. The number of hydrogen-bond donors (Lipinski definition) is 1. The molecule has 4 rings (SSSR count). The lowest BCUT2D eigenvalue weighted by Gasteiger charge is -2.27. The highest BCUT2D eigenvalue weighted by Gasteiger charge is 2.25. The first-order chi connectivity index (χ1) is 12.3. The summed E-state index contributed by atoms with van der Waals surface area (Å²) in [4.78, 5) is 0. The molecule has 2 aromatic rings. The second-order valence-electron chi connectivity index (χ2n) is 6.99. The van der Waals surface area contributed by atoms with E-state index in [0.29, 0.717) is 0 Å². The highest BCUT2D eigenvalue weighted by Crippen LogP contribution is 2.47. The van der Waals surface area contributed by atoms with Gasteiger partial charge in [-0.15, -0.1) is 0 Å². The number of benzene rings is 2. The van der Waals surface area contributed by atoms with Crippen LogP contribution in [-0.4, -0.2) is 7.11 Å². The van der Waals surface area contributed by atoms with Gasteiger partial charge in [-0.05, 0) is 85.8 Å². The third-order valence-electron chi connectivity index (χ3n) is 5.63. The maximum atomic E-state index is 5.90. The molecular formula is C21H26NO2P. The number of rotatable bonds is 4. The number of fused-ring (bicyclic) bond motifs is 2. The van der Waals surface area contributed by atoms with Crippen molar-refractivity contribution < 1.29 is 9.26 Å². The van der Waals surface area contributed by atoms with Crippen LogP contribution in [0.25, 0.3) is 11.1 Å². The molecule has 2 aromatic carbocycles. The fourth-order valence-corrected chi connectivity index (χ4v) is 4.78. The molecule has 0 saturated carbocycles. The van der Waals surface area contributed by atoms with Gasteiger partial charge in [-0.25, -0.2) is 0 Å². The number of hydrogen-bond acceptors (Lipinski definition) is 3. The summed E-state index contributed by atoms with van der Waals surface area (Å²) in [6, 6.07) is 8.73. The number of aryl methyl sites for hydroxylation is 2. The maximum absolute atomic E-state index is 5.90. The summed E-state index contributed by atoms with van der Waals surface area (Å²) in [7, 11) is 1.73. The first-order valence-corrected chi connectivity index (χ1v) is 10.3. The van der Waals surface area contributed by atoms with Crippen LogP contribution in [0.2, 0.25) is 0 Å². The number of ether oxygens (including phenoxy) is 1. The van der Waals surface area contributed by atoms with Gasteiger partial charge < -0.3 is 9.26 Å². The standard InChI is InChI=1S/C21H26NO2P/c1-23-18-12-10-14-6-2-4-8-16(14)20(18)21-17-9-5-3-7-15(17)11-13-19(21)24-25-22/h10-13,25H,2-9,22H2,1H3. The van der Waals surface area contributed by atoms with Gasteiger partial charge in [0.1, 0.15) is 20.5 Å². The molecule has 1 atom stereocenters. The average Bonchev–Trinajstić information content (AvgIpc) is 2.67. The van der Waals surface area contributed by atoms with Crippen molar-refractivity contribution in [1.29, 1.82) is 0 Å². The Balaban J connectivity index is 2.00. The minimum atomic E-state index is -0.0447. The Morgan fingerprint density at radius 2 is 1.28 bits per heavy atom.